The lowest BCUT2D eigenvalue weighted by Gasteiger charge is -2.31. The van der Waals surface area contributed by atoms with Gasteiger partial charge in [-0.3, -0.25) is 0 Å². The van der Waals surface area contributed by atoms with Gasteiger partial charge in [-0.15, -0.1) is 0 Å². The highest BCUT2D eigenvalue weighted by Gasteiger charge is 2.51. The molecule has 23 heavy (non-hydrogen) atoms. The molecule has 3 rings (SSSR count). The summed E-state index contributed by atoms with van der Waals surface area (Å²) in [4.78, 5) is 10.9. The van der Waals surface area contributed by atoms with Gasteiger partial charge in [0, 0.05) is 18.8 Å². The SMILES string of the molecule is O=CC[C@@H]1CCC2(OCCO2)[C@H]1C/C=C/CCCC1OCCO1. The van der Waals surface area contributed by atoms with Crippen LogP contribution in [-0.2, 0) is 23.7 Å². The minimum absolute atomic E-state index is 0.00115. The fraction of sp³-hybridized carbons (Fsp3) is 0.833. The van der Waals surface area contributed by atoms with Crippen molar-refractivity contribution in [1.29, 1.82) is 0 Å². The predicted molar refractivity (Wildman–Crippen MR) is 84.8 cm³/mol. The third-order valence-corrected chi connectivity index (χ3v) is 5.23. The van der Waals surface area contributed by atoms with Crippen LogP contribution in [0, 0.1) is 11.8 Å². The lowest BCUT2D eigenvalue weighted by atomic mass is 9.87. The van der Waals surface area contributed by atoms with E-state index in [9.17, 15) is 4.79 Å². The molecular weight excluding hydrogens is 296 g/mol. The molecule has 0 radical (unpaired) electrons. The number of carbonyl (C=O) groups is 1. The van der Waals surface area contributed by atoms with Gasteiger partial charge in [0.25, 0.3) is 0 Å². The molecule has 0 amide bonds. The average Bonchev–Trinajstić information content (AvgIpc) is 3.29. The fourth-order valence-electron chi connectivity index (χ4n) is 4.08. The molecule has 2 aliphatic heterocycles. The number of ether oxygens (including phenoxy) is 4. The van der Waals surface area contributed by atoms with Gasteiger partial charge in [0.15, 0.2) is 12.1 Å². The number of hydrogen-bond donors (Lipinski definition) is 0. The molecule has 0 aromatic carbocycles. The number of allylic oxidation sites excluding steroid dienone is 2. The Hall–Kier alpha value is -0.750. The van der Waals surface area contributed by atoms with Crippen molar-refractivity contribution in [3.8, 4) is 0 Å². The second kappa shape index (κ2) is 8.38. The van der Waals surface area contributed by atoms with Crippen LogP contribution >= 0.6 is 0 Å². The Morgan fingerprint density at radius 1 is 1.00 bits per heavy atom. The summed E-state index contributed by atoms with van der Waals surface area (Å²) in [6, 6.07) is 0. The zero-order valence-electron chi connectivity index (χ0n) is 13.8. The molecule has 5 heteroatoms. The second-order valence-electron chi connectivity index (χ2n) is 6.63. The lowest BCUT2D eigenvalue weighted by molar-refractivity contribution is -0.185. The maximum absolute atomic E-state index is 10.9. The molecule has 0 N–H and O–H groups in total. The van der Waals surface area contributed by atoms with Crippen molar-refractivity contribution in [2.24, 2.45) is 11.8 Å². The van der Waals surface area contributed by atoms with E-state index in [1.54, 1.807) is 0 Å². The largest absolute Gasteiger partial charge is 0.350 e. The number of hydrogen-bond acceptors (Lipinski definition) is 5. The van der Waals surface area contributed by atoms with E-state index in [1.165, 1.54) is 0 Å². The van der Waals surface area contributed by atoms with Crippen LogP contribution in [0.3, 0.4) is 0 Å². The second-order valence-corrected chi connectivity index (χ2v) is 6.63. The van der Waals surface area contributed by atoms with Crippen molar-refractivity contribution in [3.63, 3.8) is 0 Å². The molecular formula is C18H28O5. The summed E-state index contributed by atoms with van der Waals surface area (Å²) in [7, 11) is 0. The maximum atomic E-state index is 10.9. The van der Waals surface area contributed by atoms with Gasteiger partial charge in [-0.1, -0.05) is 12.2 Å². The summed E-state index contributed by atoms with van der Waals surface area (Å²) >= 11 is 0. The molecule has 1 saturated carbocycles. The van der Waals surface area contributed by atoms with E-state index in [2.05, 4.69) is 12.2 Å². The van der Waals surface area contributed by atoms with Gasteiger partial charge in [0.05, 0.1) is 26.4 Å². The van der Waals surface area contributed by atoms with Crippen LogP contribution in [0.15, 0.2) is 12.2 Å². The van der Waals surface area contributed by atoms with Crippen molar-refractivity contribution in [3.05, 3.63) is 12.2 Å². The smallest absolute Gasteiger partial charge is 0.171 e. The van der Waals surface area contributed by atoms with Crippen molar-refractivity contribution in [2.45, 2.75) is 57.0 Å². The highest BCUT2D eigenvalue weighted by molar-refractivity contribution is 5.50. The van der Waals surface area contributed by atoms with Crippen LogP contribution in [0.25, 0.3) is 0 Å². The summed E-state index contributed by atoms with van der Waals surface area (Å²) in [5.41, 5.74) is 0. The molecule has 2 atom stereocenters. The normalized spacial score (nSPS) is 30.8. The van der Waals surface area contributed by atoms with E-state index in [4.69, 9.17) is 18.9 Å². The molecule has 2 heterocycles. The minimum Gasteiger partial charge on any atom is -0.350 e. The van der Waals surface area contributed by atoms with E-state index in [1.807, 2.05) is 0 Å². The van der Waals surface area contributed by atoms with Gasteiger partial charge < -0.3 is 23.7 Å². The van der Waals surface area contributed by atoms with Gasteiger partial charge in [-0.2, -0.15) is 0 Å². The molecule has 0 aromatic rings. The first kappa shape index (κ1) is 17.1. The van der Waals surface area contributed by atoms with Crippen molar-refractivity contribution in [1.82, 2.24) is 0 Å². The average molecular weight is 324 g/mol. The summed E-state index contributed by atoms with van der Waals surface area (Å²) in [5.74, 6) is 0.257. The van der Waals surface area contributed by atoms with Crippen LogP contribution in [0.1, 0.15) is 44.9 Å². The highest BCUT2D eigenvalue weighted by Crippen LogP contribution is 2.48. The van der Waals surface area contributed by atoms with Crippen LogP contribution in [0.4, 0.5) is 0 Å². The van der Waals surface area contributed by atoms with Gasteiger partial charge in [0.1, 0.15) is 6.29 Å². The van der Waals surface area contributed by atoms with Gasteiger partial charge in [-0.05, 0) is 38.0 Å². The molecule has 5 nitrogen and oxygen atoms in total. The Balaban J connectivity index is 1.43. The third kappa shape index (κ3) is 4.21. The summed E-state index contributed by atoms with van der Waals surface area (Å²) in [5, 5.41) is 0. The van der Waals surface area contributed by atoms with E-state index in [0.29, 0.717) is 31.5 Å². The maximum Gasteiger partial charge on any atom is 0.171 e. The molecule has 0 unspecified atom stereocenters. The topological polar surface area (TPSA) is 54.0 Å². The number of carbonyl (C=O) groups excluding carboxylic acids is 1. The van der Waals surface area contributed by atoms with Gasteiger partial charge in [0.2, 0.25) is 0 Å². The molecule has 2 saturated heterocycles. The fourth-order valence-corrected chi connectivity index (χ4v) is 4.08. The van der Waals surface area contributed by atoms with E-state index in [-0.39, 0.29) is 6.29 Å². The van der Waals surface area contributed by atoms with E-state index >= 15 is 0 Å². The summed E-state index contributed by atoms with van der Waals surface area (Å²) in [6.45, 7) is 2.80. The van der Waals surface area contributed by atoms with Crippen LogP contribution in [0.2, 0.25) is 0 Å². The van der Waals surface area contributed by atoms with Gasteiger partial charge in [-0.25, -0.2) is 0 Å². The zero-order chi connectivity index (χ0) is 16.0. The monoisotopic (exact) mass is 324 g/mol. The lowest BCUT2D eigenvalue weighted by Crippen LogP contribution is -2.36. The van der Waals surface area contributed by atoms with Crippen molar-refractivity contribution < 1.29 is 23.7 Å². The first-order valence-electron chi connectivity index (χ1n) is 8.94. The van der Waals surface area contributed by atoms with Crippen molar-refractivity contribution in [2.75, 3.05) is 26.4 Å². The molecule has 1 spiro atoms. The molecule has 130 valence electrons. The van der Waals surface area contributed by atoms with E-state index < -0.39 is 5.79 Å². The third-order valence-electron chi connectivity index (χ3n) is 5.23. The number of unbranched alkanes of at least 4 members (excludes halogenated alkanes) is 1. The van der Waals surface area contributed by atoms with Crippen molar-refractivity contribution >= 4 is 6.29 Å². The highest BCUT2D eigenvalue weighted by atomic mass is 16.7. The first-order chi connectivity index (χ1) is 11.3. The van der Waals surface area contributed by atoms with Crippen LogP contribution < -0.4 is 0 Å². The minimum atomic E-state index is -0.427. The van der Waals surface area contributed by atoms with Gasteiger partial charge >= 0.3 is 0 Å². The van der Waals surface area contributed by atoms with E-state index in [0.717, 1.165) is 58.0 Å². The molecule has 0 aromatic heterocycles. The quantitative estimate of drug-likeness (QED) is 0.390. The standard InChI is InChI=1S/C18H28O5/c19-10-8-15-7-9-18(22-13-14-23-18)16(15)5-3-1-2-4-6-17-20-11-12-21-17/h1,3,10,15-17H,2,4-9,11-14H2/b3-1+/t15-,16-/m0/s1. The Morgan fingerprint density at radius 2 is 1.78 bits per heavy atom. The Kier molecular flexibility index (Phi) is 6.22. The Bertz CT molecular complexity index is 396. The summed E-state index contributed by atoms with van der Waals surface area (Å²) in [6.07, 6.45) is 12.0. The zero-order valence-corrected chi connectivity index (χ0v) is 13.8. The molecule has 3 aliphatic rings. The number of aldehydes is 1. The number of rotatable bonds is 8. The molecule has 1 aliphatic carbocycles. The molecule has 0 bridgehead atoms. The van der Waals surface area contributed by atoms with Crippen LogP contribution in [0.5, 0.6) is 0 Å². The summed E-state index contributed by atoms with van der Waals surface area (Å²) < 4.78 is 22.7. The van der Waals surface area contributed by atoms with Crippen LogP contribution in [-0.4, -0.2) is 44.8 Å². The Morgan fingerprint density at radius 3 is 2.52 bits per heavy atom. The Labute approximate surface area is 138 Å². The predicted octanol–water partition coefficient (Wildman–Crippen LogP) is 2.83. The first-order valence-corrected chi connectivity index (χ1v) is 8.94. The molecule has 3 fully saturated rings.